The van der Waals surface area contributed by atoms with Gasteiger partial charge in [-0.05, 0) is 49.1 Å². The SMILES string of the molecule is CC1=CC(c2c(C)c(F)c(F)c(F)c2F)=C(C)C(=N)C1=N. The molecule has 0 fully saturated rings. The van der Waals surface area contributed by atoms with Crippen molar-refractivity contribution in [3.8, 4) is 0 Å². The maximum absolute atomic E-state index is 14.0. The summed E-state index contributed by atoms with van der Waals surface area (Å²) >= 11 is 0. The van der Waals surface area contributed by atoms with E-state index in [4.69, 9.17) is 10.8 Å². The van der Waals surface area contributed by atoms with Gasteiger partial charge in [-0.1, -0.05) is 0 Å². The molecule has 0 aliphatic heterocycles. The van der Waals surface area contributed by atoms with Crippen LogP contribution in [-0.4, -0.2) is 11.4 Å². The molecular formula is C15H12F4N2. The Morgan fingerprint density at radius 2 is 1.29 bits per heavy atom. The quantitative estimate of drug-likeness (QED) is 0.335. The zero-order valence-corrected chi connectivity index (χ0v) is 11.6. The maximum atomic E-state index is 14.0. The lowest BCUT2D eigenvalue weighted by Crippen LogP contribution is -2.20. The summed E-state index contributed by atoms with van der Waals surface area (Å²) in [6, 6.07) is 0. The molecule has 6 heteroatoms. The summed E-state index contributed by atoms with van der Waals surface area (Å²) in [6.45, 7) is 4.13. The van der Waals surface area contributed by atoms with Gasteiger partial charge in [0, 0.05) is 5.56 Å². The van der Waals surface area contributed by atoms with E-state index in [1.54, 1.807) is 0 Å². The van der Waals surface area contributed by atoms with Crippen LogP contribution < -0.4 is 0 Å². The molecular weight excluding hydrogens is 284 g/mol. The van der Waals surface area contributed by atoms with Crippen LogP contribution in [0.15, 0.2) is 17.2 Å². The van der Waals surface area contributed by atoms with Crippen molar-refractivity contribution in [1.29, 1.82) is 10.8 Å². The van der Waals surface area contributed by atoms with E-state index in [9.17, 15) is 17.6 Å². The Bertz CT molecular complexity index is 724. The molecule has 1 aromatic rings. The van der Waals surface area contributed by atoms with E-state index >= 15 is 0 Å². The van der Waals surface area contributed by atoms with Crippen LogP contribution in [0.1, 0.15) is 25.0 Å². The molecule has 2 nitrogen and oxygen atoms in total. The van der Waals surface area contributed by atoms with Crippen molar-refractivity contribution in [3.05, 3.63) is 51.6 Å². The molecule has 1 aliphatic carbocycles. The van der Waals surface area contributed by atoms with Crippen LogP contribution in [0.2, 0.25) is 0 Å². The molecule has 0 heterocycles. The van der Waals surface area contributed by atoms with Crippen LogP contribution in [0.5, 0.6) is 0 Å². The highest BCUT2D eigenvalue weighted by Crippen LogP contribution is 2.34. The molecule has 2 rings (SSSR count). The molecule has 1 aromatic carbocycles. The average molecular weight is 296 g/mol. The first-order valence-corrected chi connectivity index (χ1v) is 6.08. The lowest BCUT2D eigenvalue weighted by atomic mass is 9.85. The minimum Gasteiger partial charge on any atom is -0.298 e. The van der Waals surface area contributed by atoms with Gasteiger partial charge in [-0.15, -0.1) is 0 Å². The largest absolute Gasteiger partial charge is 0.298 e. The number of halogens is 4. The lowest BCUT2D eigenvalue weighted by molar-refractivity contribution is 0.404. The second kappa shape index (κ2) is 4.95. The second-order valence-corrected chi connectivity index (χ2v) is 4.87. The van der Waals surface area contributed by atoms with Crippen molar-refractivity contribution in [1.82, 2.24) is 0 Å². The summed E-state index contributed by atoms with van der Waals surface area (Å²) in [5.74, 6) is -6.69. The van der Waals surface area contributed by atoms with Gasteiger partial charge in [0.15, 0.2) is 23.3 Å². The highest BCUT2D eigenvalue weighted by molar-refractivity contribution is 6.53. The fraction of sp³-hybridized carbons (Fsp3) is 0.200. The van der Waals surface area contributed by atoms with Crippen molar-refractivity contribution in [2.24, 2.45) is 0 Å². The number of rotatable bonds is 1. The molecule has 0 saturated heterocycles. The Labute approximate surface area is 118 Å². The van der Waals surface area contributed by atoms with Crippen LogP contribution in [0.25, 0.3) is 5.57 Å². The van der Waals surface area contributed by atoms with Crippen LogP contribution in [0, 0.1) is 41.0 Å². The van der Waals surface area contributed by atoms with Crippen molar-refractivity contribution in [3.63, 3.8) is 0 Å². The Balaban J connectivity index is 2.86. The number of allylic oxidation sites excluding steroid dienone is 4. The molecule has 0 spiro atoms. The molecule has 0 saturated carbocycles. The monoisotopic (exact) mass is 296 g/mol. The van der Waals surface area contributed by atoms with Gasteiger partial charge in [-0.2, -0.15) is 0 Å². The summed E-state index contributed by atoms with van der Waals surface area (Å²) < 4.78 is 54.4. The first kappa shape index (κ1) is 15.2. The summed E-state index contributed by atoms with van der Waals surface area (Å²) in [7, 11) is 0. The molecule has 1 aliphatic rings. The van der Waals surface area contributed by atoms with E-state index < -0.39 is 28.8 Å². The van der Waals surface area contributed by atoms with Gasteiger partial charge in [0.2, 0.25) is 0 Å². The van der Waals surface area contributed by atoms with Gasteiger partial charge in [-0.25, -0.2) is 17.6 Å². The van der Waals surface area contributed by atoms with Gasteiger partial charge >= 0.3 is 0 Å². The van der Waals surface area contributed by atoms with E-state index in [-0.39, 0.29) is 28.1 Å². The second-order valence-electron chi connectivity index (χ2n) is 4.87. The molecule has 0 atom stereocenters. The van der Waals surface area contributed by atoms with Crippen molar-refractivity contribution >= 4 is 17.0 Å². The van der Waals surface area contributed by atoms with Gasteiger partial charge < -0.3 is 0 Å². The Hall–Kier alpha value is -2.24. The van der Waals surface area contributed by atoms with Crippen LogP contribution >= 0.6 is 0 Å². The predicted molar refractivity (Wildman–Crippen MR) is 72.8 cm³/mol. The summed E-state index contributed by atoms with van der Waals surface area (Å²) in [5, 5.41) is 15.5. The van der Waals surface area contributed by atoms with Crippen molar-refractivity contribution < 1.29 is 17.6 Å². The summed E-state index contributed by atoms with van der Waals surface area (Å²) in [4.78, 5) is 0. The van der Waals surface area contributed by atoms with Crippen LogP contribution in [-0.2, 0) is 0 Å². The fourth-order valence-electron chi connectivity index (χ4n) is 2.24. The normalized spacial score (nSPS) is 15.7. The number of nitrogens with one attached hydrogen (secondary N) is 2. The minimum absolute atomic E-state index is 0.0441. The molecule has 21 heavy (non-hydrogen) atoms. The topological polar surface area (TPSA) is 47.7 Å². The van der Waals surface area contributed by atoms with E-state index in [2.05, 4.69) is 0 Å². The first-order chi connectivity index (χ1) is 9.68. The highest BCUT2D eigenvalue weighted by Gasteiger charge is 2.28. The molecule has 0 bridgehead atoms. The standard InChI is InChI=1S/C15H12F4N2/c1-5-4-8(6(2)15(21)14(5)20)9-7(3)10(16)12(18)13(19)11(9)17/h4,20-21H,1-3H3. The van der Waals surface area contributed by atoms with E-state index in [1.807, 2.05) is 0 Å². The van der Waals surface area contributed by atoms with Crippen molar-refractivity contribution in [2.75, 3.05) is 0 Å². The fourth-order valence-corrected chi connectivity index (χ4v) is 2.24. The molecule has 110 valence electrons. The molecule has 0 aromatic heterocycles. The summed E-state index contributed by atoms with van der Waals surface area (Å²) in [5.41, 5.74) is -0.332. The molecule has 0 unspecified atom stereocenters. The zero-order chi connectivity index (χ0) is 16.1. The Kier molecular flexibility index (Phi) is 3.57. The number of benzene rings is 1. The number of hydrogen-bond donors (Lipinski definition) is 2. The third-order valence-corrected chi connectivity index (χ3v) is 3.56. The average Bonchev–Trinajstić information content (AvgIpc) is 2.46. The van der Waals surface area contributed by atoms with Gasteiger partial charge in [0.25, 0.3) is 0 Å². The van der Waals surface area contributed by atoms with Crippen molar-refractivity contribution in [2.45, 2.75) is 20.8 Å². The highest BCUT2D eigenvalue weighted by atomic mass is 19.2. The van der Waals surface area contributed by atoms with Gasteiger partial charge in [0.05, 0.1) is 11.4 Å². The lowest BCUT2D eigenvalue weighted by Gasteiger charge is -2.20. The van der Waals surface area contributed by atoms with E-state index in [1.165, 1.54) is 19.9 Å². The molecule has 2 N–H and O–H groups in total. The predicted octanol–water partition coefficient (Wildman–Crippen LogP) is 4.32. The third-order valence-electron chi connectivity index (χ3n) is 3.56. The first-order valence-electron chi connectivity index (χ1n) is 6.08. The van der Waals surface area contributed by atoms with E-state index in [0.29, 0.717) is 5.57 Å². The Morgan fingerprint density at radius 1 is 0.762 bits per heavy atom. The Morgan fingerprint density at radius 3 is 1.86 bits per heavy atom. The number of hydrogen-bond acceptors (Lipinski definition) is 2. The van der Waals surface area contributed by atoms with E-state index in [0.717, 1.165) is 6.92 Å². The van der Waals surface area contributed by atoms with Gasteiger partial charge in [0.1, 0.15) is 0 Å². The molecule has 0 amide bonds. The smallest absolute Gasteiger partial charge is 0.198 e. The maximum Gasteiger partial charge on any atom is 0.198 e. The zero-order valence-electron chi connectivity index (χ0n) is 11.6. The third kappa shape index (κ3) is 2.11. The summed E-state index contributed by atoms with van der Waals surface area (Å²) in [6.07, 6.45) is 1.37. The van der Waals surface area contributed by atoms with Crippen LogP contribution in [0.4, 0.5) is 17.6 Å². The molecule has 0 radical (unpaired) electrons. The minimum atomic E-state index is -1.88. The van der Waals surface area contributed by atoms with Gasteiger partial charge in [-0.3, -0.25) is 10.8 Å². The van der Waals surface area contributed by atoms with Crippen LogP contribution in [0.3, 0.4) is 0 Å².